The van der Waals surface area contributed by atoms with Crippen LogP contribution in [0.25, 0.3) is 0 Å². The highest BCUT2D eigenvalue weighted by molar-refractivity contribution is 9.10. The summed E-state index contributed by atoms with van der Waals surface area (Å²) < 4.78 is 4.02. The smallest absolute Gasteiger partial charge is 0.268 e. The molecule has 2 aromatic heterocycles. The molecular formula is C13H17BrN4O. The SMILES string of the molecule is CCC(C)n1ccc(Cn2c(C)ncc(Br)c2=O)n1. The Labute approximate surface area is 120 Å². The Morgan fingerprint density at radius 1 is 1.47 bits per heavy atom. The summed E-state index contributed by atoms with van der Waals surface area (Å²) in [6.45, 7) is 6.51. The molecule has 0 aromatic carbocycles. The molecule has 0 fully saturated rings. The van der Waals surface area contributed by atoms with Gasteiger partial charge in [-0.2, -0.15) is 5.10 Å². The summed E-state index contributed by atoms with van der Waals surface area (Å²) in [7, 11) is 0. The van der Waals surface area contributed by atoms with Gasteiger partial charge in [-0.15, -0.1) is 0 Å². The first-order valence-electron chi connectivity index (χ1n) is 6.29. The number of nitrogens with zero attached hydrogens (tertiary/aromatic N) is 4. The molecule has 2 heterocycles. The first-order chi connectivity index (χ1) is 9.02. The number of halogens is 1. The lowest BCUT2D eigenvalue weighted by Crippen LogP contribution is -2.24. The second kappa shape index (κ2) is 5.69. The predicted octanol–water partition coefficient (Wildman–Crippen LogP) is 2.53. The molecule has 0 saturated carbocycles. The Bertz CT molecular complexity index is 632. The van der Waals surface area contributed by atoms with E-state index < -0.39 is 0 Å². The maximum Gasteiger partial charge on any atom is 0.268 e. The van der Waals surface area contributed by atoms with Gasteiger partial charge < -0.3 is 0 Å². The highest BCUT2D eigenvalue weighted by atomic mass is 79.9. The lowest BCUT2D eigenvalue weighted by atomic mass is 10.3. The van der Waals surface area contributed by atoms with Crippen molar-refractivity contribution in [2.75, 3.05) is 0 Å². The van der Waals surface area contributed by atoms with Gasteiger partial charge in [0.2, 0.25) is 0 Å². The van der Waals surface area contributed by atoms with Gasteiger partial charge in [-0.1, -0.05) is 6.92 Å². The Hall–Kier alpha value is -1.43. The van der Waals surface area contributed by atoms with Crippen molar-refractivity contribution in [1.82, 2.24) is 19.3 Å². The highest BCUT2D eigenvalue weighted by Gasteiger charge is 2.09. The molecule has 102 valence electrons. The molecule has 2 rings (SSSR count). The molecule has 0 aliphatic heterocycles. The standard InChI is InChI=1S/C13H17BrN4O/c1-4-9(2)18-6-5-11(16-18)8-17-10(3)15-7-12(14)13(17)19/h5-7,9H,4,8H2,1-3H3. The van der Waals surface area contributed by atoms with Crippen LogP contribution in [0.2, 0.25) is 0 Å². The highest BCUT2D eigenvalue weighted by Crippen LogP contribution is 2.10. The number of hydrogen-bond donors (Lipinski definition) is 0. The van der Waals surface area contributed by atoms with Crippen LogP contribution in [0.1, 0.15) is 37.8 Å². The molecule has 2 aromatic rings. The van der Waals surface area contributed by atoms with E-state index >= 15 is 0 Å². The fraction of sp³-hybridized carbons (Fsp3) is 0.462. The minimum absolute atomic E-state index is 0.0782. The molecule has 6 heteroatoms. The van der Waals surface area contributed by atoms with E-state index in [0.29, 0.717) is 22.9 Å². The summed E-state index contributed by atoms with van der Waals surface area (Å²) in [5, 5.41) is 4.50. The first-order valence-corrected chi connectivity index (χ1v) is 7.08. The van der Waals surface area contributed by atoms with Crippen LogP contribution in [-0.4, -0.2) is 19.3 Å². The monoisotopic (exact) mass is 324 g/mol. The van der Waals surface area contributed by atoms with E-state index in [1.54, 1.807) is 4.57 Å². The van der Waals surface area contributed by atoms with Crippen molar-refractivity contribution < 1.29 is 0 Å². The van der Waals surface area contributed by atoms with E-state index in [2.05, 4.69) is 39.9 Å². The summed E-state index contributed by atoms with van der Waals surface area (Å²) in [6, 6.07) is 2.31. The van der Waals surface area contributed by atoms with Crippen LogP contribution in [0.15, 0.2) is 27.7 Å². The van der Waals surface area contributed by atoms with E-state index in [-0.39, 0.29) is 5.56 Å². The zero-order valence-corrected chi connectivity index (χ0v) is 12.9. The summed E-state index contributed by atoms with van der Waals surface area (Å²) in [5.74, 6) is 0.686. The molecule has 0 aliphatic rings. The van der Waals surface area contributed by atoms with Crippen LogP contribution in [0.5, 0.6) is 0 Å². The van der Waals surface area contributed by atoms with Gasteiger partial charge in [0.25, 0.3) is 5.56 Å². The van der Waals surface area contributed by atoms with E-state index in [1.807, 2.05) is 23.9 Å². The average molecular weight is 325 g/mol. The van der Waals surface area contributed by atoms with Crippen LogP contribution in [0, 0.1) is 6.92 Å². The molecule has 5 nitrogen and oxygen atoms in total. The predicted molar refractivity (Wildman–Crippen MR) is 77.3 cm³/mol. The molecule has 1 atom stereocenters. The van der Waals surface area contributed by atoms with Crippen LogP contribution in [-0.2, 0) is 6.54 Å². The minimum Gasteiger partial charge on any atom is -0.290 e. The Balaban J connectivity index is 2.29. The van der Waals surface area contributed by atoms with Gasteiger partial charge in [0.15, 0.2) is 0 Å². The maximum absolute atomic E-state index is 12.0. The molecule has 1 unspecified atom stereocenters. The molecule has 0 bridgehead atoms. The zero-order chi connectivity index (χ0) is 14.0. The second-order valence-electron chi connectivity index (χ2n) is 4.59. The zero-order valence-electron chi connectivity index (χ0n) is 11.3. The molecule has 0 radical (unpaired) electrons. The van der Waals surface area contributed by atoms with E-state index in [1.165, 1.54) is 6.20 Å². The first kappa shape index (κ1) is 14.0. The van der Waals surface area contributed by atoms with Crippen molar-refractivity contribution in [2.24, 2.45) is 0 Å². The molecule has 0 amide bonds. The van der Waals surface area contributed by atoms with Crippen molar-refractivity contribution >= 4 is 15.9 Å². The van der Waals surface area contributed by atoms with Gasteiger partial charge in [-0.05, 0) is 42.3 Å². The van der Waals surface area contributed by atoms with Gasteiger partial charge in [0.05, 0.1) is 12.2 Å². The molecule has 19 heavy (non-hydrogen) atoms. The van der Waals surface area contributed by atoms with Crippen LogP contribution < -0.4 is 5.56 Å². The number of hydrogen-bond acceptors (Lipinski definition) is 3. The lowest BCUT2D eigenvalue weighted by Gasteiger charge is -2.09. The van der Waals surface area contributed by atoms with E-state index in [4.69, 9.17) is 0 Å². The molecule has 0 N–H and O–H groups in total. The van der Waals surface area contributed by atoms with Gasteiger partial charge in [0, 0.05) is 18.4 Å². The molecule has 0 spiro atoms. The van der Waals surface area contributed by atoms with Crippen molar-refractivity contribution in [3.63, 3.8) is 0 Å². The fourth-order valence-corrected chi connectivity index (χ4v) is 2.11. The van der Waals surface area contributed by atoms with Gasteiger partial charge in [-0.25, -0.2) is 4.98 Å². The number of rotatable bonds is 4. The third-order valence-electron chi connectivity index (χ3n) is 3.23. The number of aromatic nitrogens is 4. The van der Waals surface area contributed by atoms with E-state index in [9.17, 15) is 4.79 Å². The fourth-order valence-electron chi connectivity index (χ4n) is 1.79. The largest absolute Gasteiger partial charge is 0.290 e. The van der Waals surface area contributed by atoms with Crippen LogP contribution in [0.4, 0.5) is 0 Å². The van der Waals surface area contributed by atoms with Crippen molar-refractivity contribution in [2.45, 2.75) is 39.8 Å². The summed E-state index contributed by atoms with van der Waals surface area (Å²) in [6.07, 6.45) is 4.51. The Morgan fingerprint density at radius 3 is 2.89 bits per heavy atom. The van der Waals surface area contributed by atoms with Crippen molar-refractivity contribution in [3.05, 3.63) is 44.8 Å². The van der Waals surface area contributed by atoms with Crippen molar-refractivity contribution in [1.29, 1.82) is 0 Å². The molecular weight excluding hydrogens is 308 g/mol. The van der Waals surface area contributed by atoms with Gasteiger partial charge >= 0.3 is 0 Å². The van der Waals surface area contributed by atoms with Gasteiger partial charge in [-0.3, -0.25) is 14.0 Å². The van der Waals surface area contributed by atoms with Crippen LogP contribution >= 0.6 is 15.9 Å². The minimum atomic E-state index is -0.0782. The normalized spacial score (nSPS) is 12.6. The average Bonchev–Trinajstić information content (AvgIpc) is 2.87. The van der Waals surface area contributed by atoms with Crippen LogP contribution in [0.3, 0.4) is 0 Å². The third-order valence-corrected chi connectivity index (χ3v) is 3.77. The molecule has 0 saturated heterocycles. The lowest BCUT2D eigenvalue weighted by molar-refractivity contribution is 0.471. The Morgan fingerprint density at radius 2 is 2.21 bits per heavy atom. The molecule has 0 aliphatic carbocycles. The van der Waals surface area contributed by atoms with Gasteiger partial charge in [0.1, 0.15) is 10.3 Å². The third kappa shape index (κ3) is 2.94. The second-order valence-corrected chi connectivity index (χ2v) is 5.44. The summed E-state index contributed by atoms with van der Waals surface area (Å²) >= 11 is 3.21. The quantitative estimate of drug-likeness (QED) is 0.868. The van der Waals surface area contributed by atoms with E-state index in [0.717, 1.165) is 12.1 Å². The Kier molecular flexibility index (Phi) is 4.19. The maximum atomic E-state index is 12.0. The topological polar surface area (TPSA) is 52.7 Å². The number of aryl methyl sites for hydroxylation is 1. The summed E-state index contributed by atoms with van der Waals surface area (Å²) in [4.78, 5) is 16.2. The summed E-state index contributed by atoms with van der Waals surface area (Å²) in [5.41, 5.74) is 0.788. The van der Waals surface area contributed by atoms with Crippen molar-refractivity contribution in [3.8, 4) is 0 Å².